The smallest absolute Gasteiger partial charge is 0.227 e. The second-order valence-electron chi connectivity index (χ2n) is 7.30. The quantitative estimate of drug-likeness (QED) is 0.569. The molecule has 1 aromatic carbocycles. The molecule has 0 saturated heterocycles. The normalized spacial score (nSPS) is 19.9. The van der Waals surface area contributed by atoms with E-state index in [0.29, 0.717) is 5.69 Å². The van der Waals surface area contributed by atoms with Gasteiger partial charge in [-0.25, -0.2) is 13.9 Å². The maximum absolute atomic E-state index is 13.0. The topological polar surface area (TPSA) is 88.0 Å². The minimum absolute atomic E-state index is 0.00453. The van der Waals surface area contributed by atoms with Gasteiger partial charge in [-0.1, -0.05) is 5.21 Å². The predicted octanol–water partition coefficient (Wildman–Crippen LogP) is 3.66. The van der Waals surface area contributed by atoms with Crippen molar-refractivity contribution in [1.82, 2.24) is 24.8 Å². The number of halogens is 1. The van der Waals surface area contributed by atoms with Gasteiger partial charge < -0.3 is 10.3 Å². The molecule has 0 spiro atoms. The van der Waals surface area contributed by atoms with Gasteiger partial charge in [-0.3, -0.25) is 4.79 Å². The molecule has 1 amide bonds. The molecule has 28 heavy (non-hydrogen) atoms. The zero-order chi connectivity index (χ0) is 19.1. The summed E-state index contributed by atoms with van der Waals surface area (Å²) in [6.07, 6.45) is 6.88. The minimum atomic E-state index is -0.314. The van der Waals surface area contributed by atoms with Gasteiger partial charge in [0.1, 0.15) is 23.3 Å². The maximum atomic E-state index is 13.0. The number of carbonyl (C=O) groups excluding carboxylic acids is 1. The van der Waals surface area contributed by atoms with Crippen LogP contribution in [0, 0.1) is 11.7 Å². The maximum Gasteiger partial charge on any atom is 0.227 e. The summed E-state index contributed by atoms with van der Waals surface area (Å²) in [6.45, 7) is 0. The van der Waals surface area contributed by atoms with Crippen LogP contribution in [-0.4, -0.2) is 30.7 Å². The van der Waals surface area contributed by atoms with Gasteiger partial charge in [-0.2, -0.15) is 0 Å². The standard InChI is InChI=1S/C20H19FN6O/c21-14-5-7-15(8-6-14)24-20(28)13-3-1-12(2-4-13)17-18-16-9-10-22-19(16)23-11-27(18)26-25-17/h5-13,22H,1-4H2,(H,24,28). The van der Waals surface area contributed by atoms with Gasteiger partial charge in [0.05, 0.1) is 5.69 Å². The lowest BCUT2D eigenvalue weighted by atomic mass is 9.79. The lowest BCUT2D eigenvalue weighted by Crippen LogP contribution is -2.26. The molecule has 4 aromatic rings. The molecule has 1 aliphatic rings. The summed E-state index contributed by atoms with van der Waals surface area (Å²) >= 11 is 0. The number of aromatic nitrogens is 5. The number of anilines is 1. The van der Waals surface area contributed by atoms with E-state index in [1.165, 1.54) is 12.1 Å². The second-order valence-corrected chi connectivity index (χ2v) is 7.30. The highest BCUT2D eigenvalue weighted by molar-refractivity contribution is 5.93. The van der Waals surface area contributed by atoms with Crippen molar-refractivity contribution in [3.8, 4) is 0 Å². The highest BCUT2D eigenvalue weighted by Crippen LogP contribution is 2.38. The number of fused-ring (bicyclic) bond motifs is 3. The van der Waals surface area contributed by atoms with Crippen LogP contribution in [0.25, 0.3) is 16.6 Å². The summed E-state index contributed by atoms with van der Waals surface area (Å²) in [6, 6.07) is 7.85. The fraction of sp³-hybridized carbons (Fsp3) is 0.300. The van der Waals surface area contributed by atoms with E-state index in [1.54, 1.807) is 23.0 Å². The number of hydrogen-bond acceptors (Lipinski definition) is 4. The van der Waals surface area contributed by atoms with Gasteiger partial charge in [0.15, 0.2) is 0 Å². The van der Waals surface area contributed by atoms with Crippen molar-refractivity contribution in [2.45, 2.75) is 31.6 Å². The second kappa shape index (κ2) is 6.70. The summed E-state index contributed by atoms with van der Waals surface area (Å²) in [5.41, 5.74) is 3.42. The van der Waals surface area contributed by atoms with Crippen LogP contribution < -0.4 is 5.32 Å². The van der Waals surface area contributed by atoms with E-state index in [-0.39, 0.29) is 23.6 Å². The molecular formula is C20H19FN6O. The number of carbonyl (C=O) groups is 1. The fourth-order valence-corrected chi connectivity index (χ4v) is 4.10. The van der Waals surface area contributed by atoms with Crippen LogP contribution in [0.2, 0.25) is 0 Å². The highest BCUT2D eigenvalue weighted by Gasteiger charge is 2.30. The SMILES string of the molecule is O=C(Nc1ccc(F)cc1)C1CCC(c2nnn3cnc4[nH]ccc4c23)CC1. The molecule has 3 aromatic heterocycles. The zero-order valence-electron chi connectivity index (χ0n) is 15.1. The third-order valence-corrected chi connectivity index (χ3v) is 5.59. The zero-order valence-corrected chi connectivity index (χ0v) is 15.1. The predicted molar refractivity (Wildman–Crippen MR) is 102 cm³/mol. The van der Waals surface area contributed by atoms with Crippen molar-refractivity contribution in [3.05, 3.63) is 54.4 Å². The molecule has 1 fully saturated rings. The first-order valence-electron chi connectivity index (χ1n) is 9.42. The minimum Gasteiger partial charge on any atom is -0.346 e. The van der Waals surface area contributed by atoms with Crippen molar-refractivity contribution in [3.63, 3.8) is 0 Å². The van der Waals surface area contributed by atoms with Crippen LogP contribution in [0.4, 0.5) is 10.1 Å². The van der Waals surface area contributed by atoms with Gasteiger partial charge in [-0.15, -0.1) is 5.10 Å². The molecule has 142 valence electrons. The summed E-state index contributed by atoms with van der Waals surface area (Å²) in [7, 11) is 0. The lowest BCUT2D eigenvalue weighted by Gasteiger charge is -2.26. The van der Waals surface area contributed by atoms with Crippen LogP contribution in [-0.2, 0) is 4.79 Å². The van der Waals surface area contributed by atoms with Crippen molar-refractivity contribution < 1.29 is 9.18 Å². The van der Waals surface area contributed by atoms with Gasteiger partial charge in [0.25, 0.3) is 0 Å². The summed E-state index contributed by atoms with van der Waals surface area (Å²) in [5.74, 6) is -0.0915. The Balaban J connectivity index is 1.31. The van der Waals surface area contributed by atoms with Crippen molar-refractivity contribution in [2.75, 3.05) is 5.32 Å². The van der Waals surface area contributed by atoms with Crippen LogP contribution in [0.3, 0.4) is 0 Å². The first-order valence-corrected chi connectivity index (χ1v) is 9.42. The van der Waals surface area contributed by atoms with Crippen LogP contribution in [0.15, 0.2) is 42.9 Å². The fourth-order valence-electron chi connectivity index (χ4n) is 4.10. The third kappa shape index (κ3) is 2.90. The molecule has 0 unspecified atom stereocenters. The molecule has 0 radical (unpaired) electrons. The molecule has 2 N–H and O–H groups in total. The Morgan fingerprint density at radius 1 is 1.14 bits per heavy atom. The summed E-state index contributed by atoms with van der Waals surface area (Å²) < 4.78 is 14.7. The average Bonchev–Trinajstić information content (AvgIpc) is 3.36. The molecule has 5 rings (SSSR count). The molecule has 3 heterocycles. The first-order chi connectivity index (χ1) is 13.7. The van der Waals surface area contributed by atoms with E-state index in [1.807, 2.05) is 12.3 Å². The Kier molecular flexibility index (Phi) is 4.03. The van der Waals surface area contributed by atoms with Crippen molar-refractivity contribution in [2.24, 2.45) is 5.92 Å². The molecule has 1 aliphatic carbocycles. The molecular weight excluding hydrogens is 359 g/mol. The monoisotopic (exact) mass is 378 g/mol. The number of rotatable bonds is 3. The van der Waals surface area contributed by atoms with Gasteiger partial charge in [0, 0.05) is 29.1 Å². The number of H-pyrrole nitrogens is 1. The molecule has 0 aliphatic heterocycles. The van der Waals surface area contributed by atoms with E-state index >= 15 is 0 Å². The number of aromatic amines is 1. The van der Waals surface area contributed by atoms with Crippen LogP contribution in [0.5, 0.6) is 0 Å². The number of nitrogens with one attached hydrogen (secondary N) is 2. The molecule has 8 heteroatoms. The van der Waals surface area contributed by atoms with E-state index in [4.69, 9.17) is 0 Å². The number of nitrogens with zero attached hydrogens (tertiary/aromatic N) is 4. The Morgan fingerprint density at radius 3 is 2.71 bits per heavy atom. The van der Waals surface area contributed by atoms with Gasteiger partial charge in [0.2, 0.25) is 5.91 Å². The first kappa shape index (κ1) is 16.9. The summed E-state index contributed by atoms with van der Waals surface area (Å²) in [4.78, 5) is 20.0. The molecule has 7 nitrogen and oxygen atoms in total. The largest absolute Gasteiger partial charge is 0.346 e. The van der Waals surface area contributed by atoms with E-state index < -0.39 is 0 Å². The van der Waals surface area contributed by atoms with E-state index in [2.05, 4.69) is 25.6 Å². The Labute approximate surface area is 160 Å². The molecule has 0 bridgehead atoms. The lowest BCUT2D eigenvalue weighted by molar-refractivity contribution is -0.120. The van der Waals surface area contributed by atoms with Crippen molar-refractivity contribution >= 4 is 28.1 Å². The van der Waals surface area contributed by atoms with E-state index in [0.717, 1.165) is 47.9 Å². The van der Waals surface area contributed by atoms with Crippen LogP contribution >= 0.6 is 0 Å². The number of benzene rings is 1. The molecule has 1 saturated carbocycles. The Bertz CT molecular complexity index is 1140. The van der Waals surface area contributed by atoms with Gasteiger partial charge >= 0.3 is 0 Å². The highest BCUT2D eigenvalue weighted by atomic mass is 19.1. The Hall–Kier alpha value is -3.29. The van der Waals surface area contributed by atoms with Crippen LogP contribution in [0.1, 0.15) is 37.3 Å². The third-order valence-electron chi connectivity index (χ3n) is 5.59. The van der Waals surface area contributed by atoms with Gasteiger partial charge in [-0.05, 0) is 56.0 Å². The Morgan fingerprint density at radius 2 is 1.93 bits per heavy atom. The molecule has 0 atom stereocenters. The van der Waals surface area contributed by atoms with E-state index in [9.17, 15) is 9.18 Å². The summed E-state index contributed by atoms with van der Waals surface area (Å²) in [5, 5.41) is 12.5. The van der Waals surface area contributed by atoms with Crippen molar-refractivity contribution in [1.29, 1.82) is 0 Å². The number of amides is 1. The number of hydrogen-bond donors (Lipinski definition) is 2. The average molecular weight is 378 g/mol.